The van der Waals surface area contributed by atoms with Crippen molar-refractivity contribution in [3.63, 3.8) is 0 Å². The Morgan fingerprint density at radius 1 is 1.39 bits per heavy atom. The van der Waals surface area contributed by atoms with Crippen LogP contribution >= 0.6 is 22.6 Å². The smallest absolute Gasteiger partial charge is 0.407 e. The van der Waals surface area contributed by atoms with Crippen LogP contribution in [0.25, 0.3) is 0 Å². The van der Waals surface area contributed by atoms with Gasteiger partial charge in [0.15, 0.2) is 5.78 Å². The topological polar surface area (TPSA) is 92.9 Å². The fourth-order valence-corrected chi connectivity index (χ4v) is 3.31. The molecule has 0 bridgehead atoms. The summed E-state index contributed by atoms with van der Waals surface area (Å²) in [6.07, 6.45) is 1.98. The third-order valence-corrected chi connectivity index (χ3v) is 5.22. The number of benzene rings is 1. The number of piperidine rings is 1. The van der Waals surface area contributed by atoms with Gasteiger partial charge in [0.25, 0.3) is 0 Å². The summed E-state index contributed by atoms with van der Waals surface area (Å²) < 4.78 is 6.09. The number of nitrogen functional groups attached to an aromatic ring is 1. The van der Waals surface area contributed by atoms with Crippen LogP contribution < -0.4 is 10.5 Å². The number of ether oxygens (including phenoxy) is 1. The second kappa shape index (κ2) is 7.85. The molecule has 23 heavy (non-hydrogen) atoms. The van der Waals surface area contributed by atoms with Crippen LogP contribution in [0.15, 0.2) is 12.1 Å². The van der Waals surface area contributed by atoms with Gasteiger partial charge in [-0.1, -0.05) is 0 Å². The van der Waals surface area contributed by atoms with Gasteiger partial charge in [0.1, 0.15) is 5.75 Å². The van der Waals surface area contributed by atoms with Gasteiger partial charge in [-0.25, -0.2) is 4.79 Å². The standard InChI is InChI=1S/C16H21IN2O4/c1-23-15-9-13(18)12(17)8-11(15)14(20)3-2-10-4-6-19(7-5-10)16(21)22/h8-10H,2-7,18H2,1H3,(H,21,22). The van der Waals surface area contributed by atoms with Crippen LogP contribution in [0.1, 0.15) is 36.0 Å². The number of likely N-dealkylation sites (tertiary alicyclic amines) is 1. The van der Waals surface area contributed by atoms with Gasteiger partial charge in [-0.2, -0.15) is 0 Å². The van der Waals surface area contributed by atoms with Crippen LogP contribution in [-0.2, 0) is 0 Å². The molecule has 1 aromatic carbocycles. The molecule has 0 aliphatic carbocycles. The van der Waals surface area contributed by atoms with Gasteiger partial charge in [0, 0.05) is 34.8 Å². The second-order valence-corrected chi connectivity index (χ2v) is 6.91. The number of ketones is 1. The van der Waals surface area contributed by atoms with E-state index in [1.165, 1.54) is 12.0 Å². The van der Waals surface area contributed by atoms with Crippen LogP contribution in [0.4, 0.5) is 10.5 Å². The van der Waals surface area contributed by atoms with E-state index in [2.05, 4.69) is 22.6 Å². The Balaban J connectivity index is 1.93. The molecule has 1 heterocycles. The summed E-state index contributed by atoms with van der Waals surface area (Å²) in [6, 6.07) is 3.45. The van der Waals surface area contributed by atoms with Crippen molar-refractivity contribution in [2.75, 3.05) is 25.9 Å². The summed E-state index contributed by atoms with van der Waals surface area (Å²) in [6.45, 7) is 1.11. The SMILES string of the molecule is COc1cc(N)c(I)cc1C(=O)CCC1CCN(C(=O)O)CC1. The van der Waals surface area contributed by atoms with E-state index < -0.39 is 6.09 Å². The number of carboxylic acid groups (broad SMARTS) is 1. The molecular formula is C16H21IN2O4. The zero-order valence-corrected chi connectivity index (χ0v) is 15.2. The molecule has 1 aliphatic rings. The number of amides is 1. The zero-order chi connectivity index (χ0) is 17.0. The molecule has 0 atom stereocenters. The molecule has 1 amide bonds. The monoisotopic (exact) mass is 432 g/mol. The van der Waals surface area contributed by atoms with Gasteiger partial charge < -0.3 is 20.5 Å². The Bertz CT molecular complexity index is 598. The molecule has 0 saturated carbocycles. The van der Waals surface area contributed by atoms with Gasteiger partial charge in [0.2, 0.25) is 0 Å². The van der Waals surface area contributed by atoms with Crippen molar-refractivity contribution in [2.24, 2.45) is 5.92 Å². The van der Waals surface area contributed by atoms with Gasteiger partial charge in [-0.05, 0) is 53.8 Å². The lowest BCUT2D eigenvalue weighted by Crippen LogP contribution is -2.37. The Morgan fingerprint density at radius 2 is 2.04 bits per heavy atom. The average molecular weight is 432 g/mol. The number of nitrogens with zero attached hydrogens (tertiary/aromatic N) is 1. The van der Waals surface area contributed by atoms with Crippen molar-refractivity contribution in [2.45, 2.75) is 25.7 Å². The van der Waals surface area contributed by atoms with Crippen molar-refractivity contribution < 1.29 is 19.4 Å². The van der Waals surface area contributed by atoms with E-state index in [0.717, 1.165) is 22.8 Å². The number of anilines is 1. The molecule has 0 unspecified atom stereocenters. The molecule has 2 rings (SSSR count). The number of halogens is 1. The predicted molar refractivity (Wildman–Crippen MR) is 96.0 cm³/mol. The van der Waals surface area contributed by atoms with E-state index in [9.17, 15) is 9.59 Å². The molecule has 7 heteroatoms. The minimum atomic E-state index is -0.860. The fourth-order valence-electron chi connectivity index (χ4n) is 2.84. The minimum absolute atomic E-state index is 0.0421. The number of nitrogens with two attached hydrogens (primary N) is 1. The van der Waals surface area contributed by atoms with Crippen molar-refractivity contribution >= 4 is 40.2 Å². The molecule has 0 aromatic heterocycles. The third kappa shape index (κ3) is 4.49. The molecular weight excluding hydrogens is 411 g/mol. The van der Waals surface area contributed by atoms with Crippen LogP contribution in [0.3, 0.4) is 0 Å². The lowest BCUT2D eigenvalue weighted by atomic mass is 9.90. The van der Waals surface area contributed by atoms with Crippen molar-refractivity contribution in [1.82, 2.24) is 4.90 Å². The van der Waals surface area contributed by atoms with E-state index in [0.29, 0.717) is 42.4 Å². The molecule has 1 saturated heterocycles. The summed E-state index contributed by atoms with van der Waals surface area (Å²) in [7, 11) is 1.53. The number of carbonyl (C=O) groups is 2. The molecule has 126 valence electrons. The summed E-state index contributed by atoms with van der Waals surface area (Å²) in [5.74, 6) is 0.947. The molecule has 0 spiro atoms. The lowest BCUT2D eigenvalue weighted by Gasteiger charge is -2.29. The zero-order valence-electron chi connectivity index (χ0n) is 13.0. The van der Waals surface area contributed by atoms with Crippen molar-refractivity contribution in [1.29, 1.82) is 0 Å². The van der Waals surface area contributed by atoms with Gasteiger partial charge in [-0.15, -0.1) is 0 Å². The van der Waals surface area contributed by atoms with Crippen LogP contribution in [0.5, 0.6) is 5.75 Å². The number of Topliss-reactive ketones (excluding diaryl/α,β-unsaturated/α-hetero) is 1. The Hall–Kier alpha value is -1.51. The van der Waals surface area contributed by atoms with Crippen LogP contribution in [0.2, 0.25) is 0 Å². The highest BCUT2D eigenvalue weighted by molar-refractivity contribution is 14.1. The van der Waals surface area contributed by atoms with E-state index in [1.807, 2.05) is 0 Å². The summed E-state index contributed by atoms with van der Waals surface area (Å²) in [5, 5.41) is 8.94. The Labute approximate surface area is 149 Å². The van der Waals surface area contributed by atoms with Gasteiger partial charge in [0.05, 0.1) is 12.7 Å². The first-order valence-corrected chi connectivity index (χ1v) is 8.64. The Morgan fingerprint density at radius 3 is 2.61 bits per heavy atom. The van der Waals surface area contributed by atoms with Crippen LogP contribution in [-0.4, -0.2) is 42.1 Å². The first kappa shape index (κ1) is 17.8. The normalized spacial score (nSPS) is 15.5. The molecule has 1 aromatic rings. The predicted octanol–water partition coefficient (Wildman–Crippen LogP) is 3.23. The highest BCUT2D eigenvalue weighted by Crippen LogP contribution is 2.29. The lowest BCUT2D eigenvalue weighted by molar-refractivity contribution is 0.0950. The van der Waals surface area contributed by atoms with Crippen LogP contribution in [0, 0.1) is 9.49 Å². The third-order valence-electron chi connectivity index (χ3n) is 4.28. The van der Waals surface area contributed by atoms with Crippen molar-refractivity contribution in [3.05, 3.63) is 21.3 Å². The summed E-state index contributed by atoms with van der Waals surface area (Å²) in [4.78, 5) is 24.8. The maximum atomic E-state index is 12.5. The second-order valence-electron chi connectivity index (χ2n) is 5.75. The highest BCUT2D eigenvalue weighted by Gasteiger charge is 2.23. The summed E-state index contributed by atoms with van der Waals surface area (Å²) >= 11 is 2.10. The molecule has 1 fully saturated rings. The first-order chi connectivity index (χ1) is 10.9. The highest BCUT2D eigenvalue weighted by atomic mass is 127. The first-order valence-electron chi connectivity index (χ1n) is 7.56. The van der Waals surface area contributed by atoms with Gasteiger partial charge >= 0.3 is 6.09 Å². The largest absolute Gasteiger partial charge is 0.496 e. The van der Waals surface area contributed by atoms with Crippen molar-refractivity contribution in [3.8, 4) is 5.75 Å². The fraction of sp³-hybridized carbons (Fsp3) is 0.500. The number of hydrogen-bond acceptors (Lipinski definition) is 4. The maximum absolute atomic E-state index is 12.5. The van der Waals surface area contributed by atoms with Gasteiger partial charge in [-0.3, -0.25) is 4.79 Å². The summed E-state index contributed by atoms with van der Waals surface area (Å²) in [5.41, 5.74) is 7.00. The van der Waals surface area contributed by atoms with E-state index in [1.54, 1.807) is 12.1 Å². The number of rotatable bonds is 5. The van der Waals surface area contributed by atoms with E-state index in [4.69, 9.17) is 15.6 Å². The number of methoxy groups -OCH3 is 1. The minimum Gasteiger partial charge on any atom is -0.496 e. The Kier molecular flexibility index (Phi) is 6.09. The maximum Gasteiger partial charge on any atom is 0.407 e. The number of carbonyl (C=O) groups excluding carboxylic acids is 1. The number of hydrogen-bond donors (Lipinski definition) is 2. The molecule has 1 aliphatic heterocycles. The van der Waals surface area contributed by atoms with E-state index >= 15 is 0 Å². The molecule has 0 radical (unpaired) electrons. The molecule has 6 nitrogen and oxygen atoms in total. The molecule has 3 N–H and O–H groups in total. The van der Waals surface area contributed by atoms with E-state index in [-0.39, 0.29) is 5.78 Å². The quantitative estimate of drug-likeness (QED) is 0.424. The average Bonchev–Trinajstić information content (AvgIpc) is 2.55.